The summed E-state index contributed by atoms with van der Waals surface area (Å²) in [5.41, 5.74) is -1.00. The molecule has 2 rings (SSSR count). The fourth-order valence-corrected chi connectivity index (χ4v) is 3.84. The van der Waals surface area contributed by atoms with Crippen LogP contribution in [0, 0.1) is 0 Å². The van der Waals surface area contributed by atoms with Crippen LogP contribution in [0.15, 0.2) is 5.16 Å². The molecule has 1 atom stereocenters. The van der Waals surface area contributed by atoms with Gasteiger partial charge in [-0.25, -0.2) is 13.2 Å². The molecule has 2 aliphatic heterocycles. The first-order valence-corrected chi connectivity index (χ1v) is 6.43. The van der Waals surface area contributed by atoms with E-state index in [9.17, 15) is 13.2 Å². The summed E-state index contributed by atoms with van der Waals surface area (Å²) in [5, 5.41) is 12.1. The van der Waals surface area contributed by atoms with Crippen LogP contribution in [-0.2, 0) is 19.5 Å². The van der Waals surface area contributed by atoms with E-state index >= 15 is 0 Å². The lowest BCUT2D eigenvalue weighted by atomic mass is 9.94. The predicted octanol–water partition coefficient (Wildman–Crippen LogP) is -0.205. The lowest BCUT2D eigenvalue weighted by Gasteiger charge is -2.29. The van der Waals surface area contributed by atoms with E-state index in [0.29, 0.717) is 12.8 Å². The van der Waals surface area contributed by atoms with Crippen molar-refractivity contribution in [3.63, 3.8) is 0 Å². The van der Waals surface area contributed by atoms with Gasteiger partial charge in [0, 0.05) is 6.42 Å². The normalized spacial score (nSPS) is 33.5. The average molecular weight is 233 g/mol. The third-order valence-electron chi connectivity index (χ3n) is 2.66. The van der Waals surface area contributed by atoms with Crippen LogP contribution in [0.2, 0.25) is 0 Å². The summed E-state index contributed by atoms with van der Waals surface area (Å²) in [6.45, 7) is 0. The Kier molecular flexibility index (Phi) is 2.22. The van der Waals surface area contributed by atoms with Crippen LogP contribution in [-0.4, -0.2) is 42.3 Å². The van der Waals surface area contributed by atoms with E-state index in [4.69, 9.17) is 9.94 Å². The maximum atomic E-state index is 11.4. The molecule has 84 valence electrons. The zero-order valence-corrected chi connectivity index (χ0v) is 8.79. The molecule has 1 unspecified atom stereocenters. The highest BCUT2D eigenvalue weighted by Crippen LogP contribution is 2.34. The van der Waals surface area contributed by atoms with Crippen LogP contribution < -0.4 is 0 Å². The first-order chi connectivity index (χ1) is 6.93. The van der Waals surface area contributed by atoms with Crippen molar-refractivity contribution in [2.24, 2.45) is 5.16 Å². The van der Waals surface area contributed by atoms with Gasteiger partial charge < -0.3 is 9.94 Å². The van der Waals surface area contributed by atoms with Crippen molar-refractivity contribution in [2.75, 3.05) is 11.5 Å². The molecule has 0 aromatic heterocycles. The van der Waals surface area contributed by atoms with Crippen molar-refractivity contribution in [2.45, 2.75) is 24.9 Å². The molecule has 2 heterocycles. The molecule has 0 aromatic rings. The standard InChI is InChI=1S/C8H11NO5S/c10-7(11)6-4-8(14-9-6)2-1-3-15(12,13)5-8/h1-5H2,(H,10,11). The number of carbonyl (C=O) groups is 1. The predicted molar refractivity (Wildman–Crippen MR) is 51.4 cm³/mol. The smallest absolute Gasteiger partial charge is 0.353 e. The molecule has 0 aliphatic carbocycles. The minimum Gasteiger partial charge on any atom is -0.477 e. The second-order valence-electron chi connectivity index (χ2n) is 3.99. The topological polar surface area (TPSA) is 93.0 Å². The summed E-state index contributed by atoms with van der Waals surface area (Å²) >= 11 is 0. The highest BCUT2D eigenvalue weighted by molar-refractivity contribution is 7.91. The van der Waals surface area contributed by atoms with Gasteiger partial charge in [0.15, 0.2) is 21.1 Å². The molecular weight excluding hydrogens is 222 g/mol. The molecular formula is C8H11NO5S. The molecule has 1 N–H and O–H groups in total. The molecule has 1 fully saturated rings. The van der Waals surface area contributed by atoms with E-state index in [1.165, 1.54) is 0 Å². The van der Waals surface area contributed by atoms with Gasteiger partial charge in [0.2, 0.25) is 0 Å². The zero-order valence-electron chi connectivity index (χ0n) is 7.97. The van der Waals surface area contributed by atoms with Gasteiger partial charge in [0.1, 0.15) is 0 Å². The molecule has 1 saturated heterocycles. The molecule has 0 radical (unpaired) electrons. The third-order valence-corrected chi connectivity index (χ3v) is 4.53. The van der Waals surface area contributed by atoms with Crippen LogP contribution in [0.3, 0.4) is 0 Å². The molecule has 7 heteroatoms. The minimum atomic E-state index is -3.11. The van der Waals surface area contributed by atoms with Crippen molar-refractivity contribution in [3.8, 4) is 0 Å². The van der Waals surface area contributed by atoms with Crippen LogP contribution in [0.4, 0.5) is 0 Å². The maximum absolute atomic E-state index is 11.4. The van der Waals surface area contributed by atoms with Gasteiger partial charge in [-0.15, -0.1) is 0 Å². The number of rotatable bonds is 1. The third kappa shape index (κ3) is 1.97. The Labute approximate surface area is 86.8 Å². The molecule has 0 saturated carbocycles. The highest BCUT2D eigenvalue weighted by atomic mass is 32.2. The van der Waals surface area contributed by atoms with Crippen LogP contribution in [0.5, 0.6) is 0 Å². The van der Waals surface area contributed by atoms with Gasteiger partial charge in [-0.3, -0.25) is 0 Å². The summed E-state index contributed by atoms with van der Waals surface area (Å²) in [6.07, 6.45) is 1.14. The molecule has 2 aliphatic rings. The number of oxime groups is 1. The number of sulfone groups is 1. The monoisotopic (exact) mass is 233 g/mol. The number of aliphatic carboxylic acids is 1. The van der Waals surface area contributed by atoms with E-state index in [1.807, 2.05) is 0 Å². The van der Waals surface area contributed by atoms with Gasteiger partial charge in [-0.2, -0.15) is 0 Å². The Balaban J connectivity index is 2.16. The lowest BCUT2D eigenvalue weighted by Crippen LogP contribution is -2.43. The highest BCUT2D eigenvalue weighted by Gasteiger charge is 2.47. The van der Waals surface area contributed by atoms with E-state index in [1.54, 1.807) is 0 Å². The fraction of sp³-hybridized carbons (Fsp3) is 0.750. The van der Waals surface area contributed by atoms with Crippen molar-refractivity contribution >= 4 is 21.5 Å². The van der Waals surface area contributed by atoms with Crippen LogP contribution >= 0.6 is 0 Å². The molecule has 15 heavy (non-hydrogen) atoms. The fourth-order valence-electron chi connectivity index (χ4n) is 2.01. The summed E-state index contributed by atoms with van der Waals surface area (Å²) in [4.78, 5) is 15.6. The second-order valence-corrected chi connectivity index (χ2v) is 6.17. The first-order valence-electron chi connectivity index (χ1n) is 4.61. The SMILES string of the molecule is O=C(O)C1=NOC2(CCCS(=O)(=O)C2)C1. The Bertz CT molecular complexity index is 426. The number of carboxylic acids is 1. The van der Waals surface area contributed by atoms with Crippen molar-refractivity contribution in [1.29, 1.82) is 0 Å². The zero-order chi connectivity index (χ0) is 11.1. The van der Waals surface area contributed by atoms with E-state index in [2.05, 4.69) is 5.16 Å². The Morgan fingerprint density at radius 2 is 2.27 bits per heavy atom. The van der Waals surface area contributed by atoms with E-state index in [0.717, 1.165) is 0 Å². The van der Waals surface area contributed by atoms with Crippen LogP contribution in [0.1, 0.15) is 19.3 Å². The van der Waals surface area contributed by atoms with E-state index in [-0.39, 0.29) is 23.6 Å². The summed E-state index contributed by atoms with van der Waals surface area (Å²) in [7, 11) is -3.11. The van der Waals surface area contributed by atoms with Crippen molar-refractivity contribution in [3.05, 3.63) is 0 Å². The molecule has 0 bridgehead atoms. The average Bonchev–Trinajstić information content (AvgIpc) is 2.46. The molecule has 0 aromatic carbocycles. The molecule has 1 spiro atoms. The van der Waals surface area contributed by atoms with Crippen molar-refractivity contribution < 1.29 is 23.2 Å². The maximum Gasteiger partial charge on any atom is 0.353 e. The van der Waals surface area contributed by atoms with Gasteiger partial charge in [-0.05, 0) is 12.8 Å². The summed E-state index contributed by atoms with van der Waals surface area (Å²) < 4.78 is 22.8. The van der Waals surface area contributed by atoms with Crippen molar-refractivity contribution in [1.82, 2.24) is 0 Å². The second kappa shape index (κ2) is 3.19. The number of carboxylic acid groups (broad SMARTS) is 1. The van der Waals surface area contributed by atoms with Crippen LogP contribution in [0.25, 0.3) is 0 Å². The number of nitrogens with zero attached hydrogens (tertiary/aromatic N) is 1. The Morgan fingerprint density at radius 3 is 2.80 bits per heavy atom. The largest absolute Gasteiger partial charge is 0.477 e. The summed E-state index contributed by atoms with van der Waals surface area (Å²) in [5.74, 6) is -1.12. The van der Waals surface area contributed by atoms with Gasteiger partial charge in [-0.1, -0.05) is 5.16 Å². The summed E-state index contributed by atoms with van der Waals surface area (Å²) in [6, 6.07) is 0. The quantitative estimate of drug-likeness (QED) is 0.676. The minimum absolute atomic E-state index is 0.0849. The number of hydrogen-bond donors (Lipinski definition) is 1. The van der Waals surface area contributed by atoms with Gasteiger partial charge in [0.05, 0.1) is 11.5 Å². The first kappa shape index (κ1) is 10.4. The Morgan fingerprint density at radius 1 is 1.53 bits per heavy atom. The number of hydrogen-bond acceptors (Lipinski definition) is 5. The molecule has 6 nitrogen and oxygen atoms in total. The Hall–Kier alpha value is -1.11. The lowest BCUT2D eigenvalue weighted by molar-refractivity contribution is -0.129. The van der Waals surface area contributed by atoms with E-state index < -0.39 is 21.4 Å². The van der Waals surface area contributed by atoms with Gasteiger partial charge >= 0.3 is 5.97 Å². The molecule has 0 amide bonds. The van der Waals surface area contributed by atoms with Gasteiger partial charge in [0.25, 0.3) is 0 Å².